The van der Waals surface area contributed by atoms with E-state index in [1.807, 2.05) is 7.05 Å². The number of aliphatic imine (C=N–C) groups is 1. The maximum Gasteiger partial charge on any atom is 0.190 e. The van der Waals surface area contributed by atoms with Crippen molar-refractivity contribution >= 4 is 5.96 Å². The van der Waals surface area contributed by atoms with E-state index in [-0.39, 0.29) is 12.0 Å². The van der Waals surface area contributed by atoms with Gasteiger partial charge in [-0.15, -0.1) is 0 Å². The first-order valence-corrected chi connectivity index (χ1v) is 10.4. The quantitative estimate of drug-likeness (QED) is 0.328. The average Bonchev–Trinajstić information content (AvgIpc) is 3.05. The first kappa shape index (κ1) is 21.5. The van der Waals surface area contributed by atoms with E-state index >= 15 is 0 Å². The van der Waals surface area contributed by atoms with Crippen molar-refractivity contribution < 1.29 is 9.84 Å². The molecule has 26 heavy (non-hydrogen) atoms. The zero-order valence-corrected chi connectivity index (χ0v) is 17.1. The van der Waals surface area contributed by atoms with Crippen molar-refractivity contribution in [3.05, 3.63) is 0 Å². The third-order valence-corrected chi connectivity index (χ3v) is 5.82. The second-order valence-electron chi connectivity index (χ2n) is 8.54. The molecular formula is C20H40N4O2. The van der Waals surface area contributed by atoms with Gasteiger partial charge in [-0.2, -0.15) is 0 Å². The lowest BCUT2D eigenvalue weighted by atomic mass is 9.84. The van der Waals surface area contributed by atoms with Gasteiger partial charge in [0.25, 0.3) is 0 Å². The molecule has 0 aromatic carbocycles. The first-order chi connectivity index (χ1) is 12.6. The van der Waals surface area contributed by atoms with Crippen molar-refractivity contribution in [2.24, 2.45) is 22.2 Å². The summed E-state index contributed by atoms with van der Waals surface area (Å²) in [5, 5.41) is 16.2. The molecule has 2 aliphatic heterocycles. The summed E-state index contributed by atoms with van der Waals surface area (Å²) in [6.07, 6.45) is 5.55. The van der Waals surface area contributed by atoms with Gasteiger partial charge in [-0.1, -0.05) is 13.8 Å². The Morgan fingerprint density at radius 3 is 2.62 bits per heavy atom. The standard InChI is InChI=1S/C20H40N4O2/c1-17-12-18(2)14-24(13-17)9-5-4-8-22-19(21-3)23-15-20(6-10-25)7-11-26-16-20/h17-18,25H,4-16H2,1-3H3,(H2,21,22,23). The average molecular weight is 369 g/mol. The van der Waals surface area contributed by atoms with Crippen LogP contribution in [0.25, 0.3) is 0 Å². The zero-order chi connectivity index (χ0) is 18.8. The Labute approximate surface area is 159 Å². The highest BCUT2D eigenvalue weighted by molar-refractivity contribution is 5.79. The number of hydrogen-bond acceptors (Lipinski definition) is 4. The fourth-order valence-electron chi connectivity index (χ4n) is 4.45. The Hall–Kier alpha value is -0.850. The summed E-state index contributed by atoms with van der Waals surface area (Å²) >= 11 is 0. The molecule has 6 heteroatoms. The predicted molar refractivity (Wildman–Crippen MR) is 108 cm³/mol. The van der Waals surface area contributed by atoms with Gasteiger partial charge in [-0.3, -0.25) is 4.99 Å². The Morgan fingerprint density at radius 2 is 2.00 bits per heavy atom. The van der Waals surface area contributed by atoms with Gasteiger partial charge in [0.1, 0.15) is 0 Å². The topological polar surface area (TPSA) is 69.1 Å². The van der Waals surface area contributed by atoms with Crippen LogP contribution in [0.15, 0.2) is 4.99 Å². The van der Waals surface area contributed by atoms with E-state index in [1.54, 1.807) is 0 Å². The number of nitrogens with zero attached hydrogens (tertiary/aromatic N) is 2. The summed E-state index contributed by atoms with van der Waals surface area (Å²) in [5.41, 5.74) is 0.0496. The molecule has 2 aliphatic rings. The van der Waals surface area contributed by atoms with E-state index < -0.39 is 0 Å². The highest BCUT2D eigenvalue weighted by atomic mass is 16.5. The molecule has 0 aliphatic carbocycles. The molecule has 3 unspecified atom stereocenters. The molecule has 152 valence electrons. The van der Waals surface area contributed by atoms with Crippen molar-refractivity contribution in [2.45, 2.75) is 46.0 Å². The van der Waals surface area contributed by atoms with E-state index in [0.717, 1.165) is 63.4 Å². The van der Waals surface area contributed by atoms with Gasteiger partial charge >= 0.3 is 0 Å². The fourth-order valence-corrected chi connectivity index (χ4v) is 4.45. The molecule has 0 bridgehead atoms. The molecule has 6 nitrogen and oxygen atoms in total. The molecule has 0 spiro atoms. The maximum atomic E-state index is 9.32. The summed E-state index contributed by atoms with van der Waals surface area (Å²) in [6, 6.07) is 0. The molecule has 3 atom stereocenters. The molecule has 0 saturated carbocycles. The van der Waals surface area contributed by atoms with Crippen LogP contribution >= 0.6 is 0 Å². The van der Waals surface area contributed by atoms with Crippen LogP contribution in [0.3, 0.4) is 0 Å². The summed E-state index contributed by atoms with van der Waals surface area (Å²) < 4.78 is 5.55. The summed E-state index contributed by atoms with van der Waals surface area (Å²) in [4.78, 5) is 6.96. The van der Waals surface area contributed by atoms with E-state index in [2.05, 4.69) is 34.4 Å². The van der Waals surface area contributed by atoms with E-state index in [9.17, 15) is 5.11 Å². The number of piperidine rings is 1. The largest absolute Gasteiger partial charge is 0.396 e. The van der Waals surface area contributed by atoms with Gasteiger partial charge in [-0.05, 0) is 50.5 Å². The molecule has 0 amide bonds. The molecule has 2 heterocycles. The molecule has 0 radical (unpaired) electrons. The van der Waals surface area contributed by atoms with E-state index in [1.165, 1.54) is 32.5 Å². The smallest absolute Gasteiger partial charge is 0.190 e. The first-order valence-electron chi connectivity index (χ1n) is 10.4. The van der Waals surface area contributed by atoms with Gasteiger partial charge < -0.3 is 25.4 Å². The van der Waals surface area contributed by atoms with Crippen molar-refractivity contribution in [1.82, 2.24) is 15.5 Å². The lowest BCUT2D eigenvalue weighted by Crippen LogP contribution is -2.44. The minimum Gasteiger partial charge on any atom is -0.396 e. The van der Waals surface area contributed by atoms with Crippen molar-refractivity contribution in [3.63, 3.8) is 0 Å². The number of ether oxygens (including phenoxy) is 1. The predicted octanol–water partition coefficient (Wildman–Crippen LogP) is 1.70. The number of aliphatic hydroxyl groups excluding tert-OH is 1. The normalized spacial score (nSPS) is 30.5. The minimum atomic E-state index is 0.0496. The van der Waals surface area contributed by atoms with Gasteiger partial charge in [0.15, 0.2) is 5.96 Å². The number of rotatable bonds is 9. The van der Waals surface area contributed by atoms with Gasteiger partial charge in [0, 0.05) is 51.9 Å². The summed E-state index contributed by atoms with van der Waals surface area (Å²) in [6.45, 7) is 12.0. The second-order valence-corrected chi connectivity index (χ2v) is 8.54. The van der Waals surface area contributed by atoms with Crippen LogP contribution in [0.4, 0.5) is 0 Å². The molecule has 0 aromatic rings. The maximum absolute atomic E-state index is 9.32. The van der Waals surface area contributed by atoms with Crippen molar-refractivity contribution in [3.8, 4) is 0 Å². The molecule has 3 N–H and O–H groups in total. The Bertz CT molecular complexity index is 414. The number of likely N-dealkylation sites (tertiary alicyclic amines) is 1. The SMILES string of the molecule is CN=C(NCCCCN1CC(C)CC(C)C1)NCC1(CCO)CCOC1. The lowest BCUT2D eigenvalue weighted by Gasteiger charge is -2.35. The number of guanidine groups is 1. The lowest BCUT2D eigenvalue weighted by molar-refractivity contribution is 0.127. The van der Waals surface area contributed by atoms with Crippen LogP contribution in [-0.4, -0.2) is 75.6 Å². The number of unbranched alkanes of at least 4 members (excludes halogenated alkanes) is 1. The second kappa shape index (κ2) is 11.1. The Kier molecular flexibility index (Phi) is 9.16. The van der Waals surface area contributed by atoms with Gasteiger partial charge in [0.05, 0.1) is 6.61 Å². The fraction of sp³-hybridized carbons (Fsp3) is 0.950. The monoisotopic (exact) mass is 368 g/mol. The van der Waals surface area contributed by atoms with Crippen LogP contribution in [0.2, 0.25) is 0 Å². The molecule has 2 fully saturated rings. The third kappa shape index (κ3) is 7.05. The summed E-state index contributed by atoms with van der Waals surface area (Å²) in [5.74, 6) is 2.53. The zero-order valence-electron chi connectivity index (χ0n) is 17.1. The Balaban J connectivity index is 1.60. The van der Waals surface area contributed by atoms with Gasteiger partial charge in [-0.25, -0.2) is 0 Å². The molecular weight excluding hydrogens is 328 g/mol. The molecule has 0 aromatic heterocycles. The summed E-state index contributed by atoms with van der Waals surface area (Å²) in [7, 11) is 1.82. The number of aliphatic hydroxyl groups is 1. The molecule has 2 rings (SSSR count). The highest BCUT2D eigenvalue weighted by Crippen LogP contribution is 2.31. The van der Waals surface area contributed by atoms with Crippen LogP contribution in [0.1, 0.15) is 46.0 Å². The van der Waals surface area contributed by atoms with Crippen molar-refractivity contribution in [1.29, 1.82) is 0 Å². The van der Waals surface area contributed by atoms with E-state index in [4.69, 9.17) is 4.74 Å². The van der Waals surface area contributed by atoms with Crippen LogP contribution < -0.4 is 10.6 Å². The van der Waals surface area contributed by atoms with Crippen LogP contribution in [-0.2, 0) is 4.74 Å². The van der Waals surface area contributed by atoms with Gasteiger partial charge in [0.2, 0.25) is 0 Å². The van der Waals surface area contributed by atoms with Crippen LogP contribution in [0, 0.1) is 17.3 Å². The Morgan fingerprint density at radius 1 is 1.23 bits per heavy atom. The number of nitrogens with one attached hydrogen (secondary N) is 2. The third-order valence-electron chi connectivity index (χ3n) is 5.82. The van der Waals surface area contributed by atoms with Crippen LogP contribution in [0.5, 0.6) is 0 Å². The number of hydrogen-bond donors (Lipinski definition) is 3. The van der Waals surface area contributed by atoms with E-state index in [0.29, 0.717) is 0 Å². The minimum absolute atomic E-state index is 0.0496. The molecule has 2 saturated heterocycles. The highest BCUT2D eigenvalue weighted by Gasteiger charge is 2.34. The van der Waals surface area contributed by atoms with Crippen molar-refractivity contribution in [2.75, 3.05) is 59.6 Å².